The number of nitrogens with zero attached hydrogens (tertiary/aromatic N) is 1. The zero-order valence-corrected chi connectivity index (χ0v) is 10.1. The summed E-state index contributed by atoms with van der Waals surface area (Å²) in [5, 5.41) is 0. The number of hydrogen-bond acceptors (Lipinski definition) is 1. The van der Waals surface area contributed by atoms with Crippen molar-refractivity contribution in [1.29, 1.82) is 0 Å². The van der Waals surface area contributed by atoms with Gasteiger partial charge in [0.1, 0.15) is 0 Å². The Kier molecular flexibility index (Phi) is 6.31. The van der Waals surface area contributed by atoms with Crippen LogP contribution in [0.25, 0.3) is 0 Å². The molecule has 0 aliphatic carbocycles. The maximum Gasteiger partial charge on any atom is 0.471 e. The molecule has 0 unspecified atom stereocenters. The summed E-state index contributed by atoms with van der Waals surface area (Å²) in [6.45, 7) is 3.96. The van der Waals surface area contributed by atoms with Crippen molar-refractivity contribution in [3.8, 4) is 0 Å². The average molecular weight is 247 g/mol. The Morgan fingerprint density at radius 1 is 1.18 bits per heavy atom. The fourth-order valence-corrected chi connectivity index (χ4v) is 1.15. The van der Waals surface area contributed by atoms with Gasteiger partial charge in [0, 0.05) is 13.6 Å². The van der Waals surface area contributed by atoms with E-state index in [0.29, 0.717) is 10.5 Å². The predicted octanol–water partition coefficient (Wildman–Crippen LogP) is 3.23. The largest absolute Gasteiger partial charge is 0.471 e. The summed E-state index contributed by atoms with van der Waals surface area (Å²) in [7, 11) is 1.13. The lowest BCUT2D eigenvalue weighted by Gasteiger charge is -2.18. The maximum absolute atomic E-state index is 12.0. The molecule has 0 saturated carbocycles. The smallest absolute Gasteiger partial charge is 0.334 e. The molecule has 17 heavy (non-hydrogen) atoms. The number of carbonyl (C=O) groups excluding carboxylic acids is 1. The third-order valence-electron chi connectivity index (χ3n) is 1.85. The van der Waals surface area contributed by atoms with E-state index in [2.05, 4.69) is 0 Å². The van der Waals surface area contributed by atoms with E-state index in [1.807, 2.05) is 13.8 Å². The summed E-state index contributed by atoms with van der Waals surface area (Å²) >= 11 is 0. The highest BCUT2D eigenvalue weighted by atomic mass is 19.4. The molecule has 0 spiro atoms. The van der Waals surface area contributed by atoms with Crippen molar-refractivity contribution in [2.24, 2.45) is 0 Å². The van der Waals surface area contributed by atoms with Gasteiger partial charge in [0.2, 0.25) is 0 Å². The highest BCUT2D eigenvalue weighted by Gasteiger charge is 2.41. The average Bonchev–Trinajstić information content (AvgIpc) is 2.30. The number of alkyl halides is 3. The molecule has 0 aromatic heterocycles. The number of carbonyl (C=O) groups is 1. The quantitative estimate of drug-likeness (QED) is 0.785. The van der Waals surface area contributed by atoms with E-state index in [1.165, 1.54) is 0 Å². The lowest BCUT2D eigenvalue weighted by Crippen LogP contribution is -2.37. The van der Waals surface area contributed by atoms with Crippen LogP contribution in [0.4, 0.5) is 13.2 Å². The lowest BCUT2D eigenvalue weighted by atomic mass is 10.2. The van der Waals surface area contributed by atoms with Crippen LogP contribution < -0.4 is 0 Å². The monoisotopic (exact) mass is 247 g/mol. The van der Waals surface area contributed by atoms with E-state index < -0.39 is 12.1 Å². The third kappa shape index (κ3) is 5.38. The molecule has 0 fully saturated rings. The summed E-state index contributed by atoms with van der Waals surface area (Å²) in [6, 6.07) is 8.51. The summed E-state index contributed by atoms with van der Waals surface area (Å²) < 4.78 is 36.0. The van der Waals surface area contributed by atoms with Gasteiger partial charge in [-0.25, -0.2) is 0 Å². The van der Waals surface area contributed by atoms with Crippen molar-refractivity contribution in [2.75, 3.05) is 7.05 Å². The fraction of sp³-hybridized carbons (Fsp3) is 0.417. The van der Waals surface area contributed by atoms with Gasteiger partial charge in [-0.3, -0.25) is 4.79 Å². The molecule has 5 heteroatoms. The molecule has 1 rings (SSSR count). The highest BCUT2D eigenvalue weighted by Crippen LogP contribution is 2.18. The minimum absolute atomic E-state index is 0.0425. The van der Waals surface area contributed by atoms with Crippen LogP contribution in [0.3, 0.4) is 0 Å². The molecule has 0 radical (unpaired) electrons. The number of halogens is 3. The van der Waals surface area contributed by atoms with Gasteiger partial charge < -0.3 is 4.90 Å². The van der Waals surface area contributed by atoms with E-state index in [4.69, 9.17) is 0 Å². The highest BCUT2D eigenvalue weighted by molar-refractivity contribution is 5.81. The SMILES string of the molecule is CC.CN(Cc1ccccc1)C(=O)C(F)(F)F. The normalized spacial score (nSPS) is 10.2. The summed E-state index contributed by atoms with van der Waals surface area (Å²) in [5.74, 6) is -1.83. The molecule has 0 N–H and O–H groups in total. The van der Waals surface area contributed by atoms with Gasteiger partial charge in [0.25, 0.3) is 0 Å². The van der Waals surface area contributed by atoms with Gasteiger partial charge in [0.15, 0.2) is 0 Å². The Bertz CT molecular complexity index is 335. The predicted molar refractivity (Wildman–Crippen MR) is 60.3 cm³/mol. The first-order chi connectivity index (χ1) is 7.91. The number of rotatable bonds is 2. The first-order valence-corrected chi connectivity index (χ1v) is 5.27. The first kappa shape index (κ1) is 15.5. The topological polar surface area (TPSA) is 20.3 Å². The minimum Gasteiger partial charge on any atom is -0.334 e. The van der Waals surface area contributed by atoms with Gasteiger partial charge in [-0.15, -0.1) is 0 Å². The third-order valence-corrected chi connectivity index (χ3v) is 1.85. The molecule has 0 bridgehead atoms. The summed E-state index contributed by atoms with van der Waals surface area (Å²) in [4.78, 5) is 11.4. The van der Waals surface area contributed by atoms with Crippen LogP contribution in [0.2, 0.25) is 0 Å². The molecule has 0 heterocycles. The standard InChI is InChI=1S/C10H10F3NO.C2H6/c1-14(9(15)10(11,12)13)7-8-5-3-2-4-6-8;1-2/h2-6H,7H2,1H3;1-2H3. The molecular formula is C12H16F3NO. The van der Waals surface area contributed by atoms with Crippen molar-refractivity contribution in [3.05, 3.63) is 35.9 Å². The second-order valence-electron chi connectivity index (χ2n) is 3.14. The van der Waals surface area contributed by atoms with Crippen LogP contribution in [0.5, 0.6) is 0 Å². The molecule has 0 aliphatic heterocycles. The van der Waals surface area contributed by atoms with E-state index in [0.717, 1.165) is 7.05 Å². The number of amides is 1. The molecule has 2 nitrogen and oxygen atoms in total. The molecule has 0 saturated heterocycles. The molecule has 1 aromatic rings. The Hall–Kier alpha value is -1.52. The Labute approximate surface area is 99.0 Å². The van der Waals surface area contributed by atoms with Crippen molar-refractivity contribution in [1.82, 2.24) is 4.90 Å². The van der Waals surface area contributed by atoms with Gasteiger partial charge in [-0.2, -0.15) is 13.2 Å². The number of hydrogen-bond donors (Lipinski definition) is 0. The van der Waals surface area contributed by atoms with Crippen LogP contribution >= 0.6 is 0 Å². The maximum atomic E-state index is 12.0. The zero-order valence-electron chi connectivity index (χ0n) is 10.1. The summed E-state index contributed by atoms with van der Waals surface area (Å²) in [6.07, 6.45) is -4.80. The van der Waals surface area contributed by atoms with E-state index in [-0.39, 0.29) is 6.54 Å². The van der Waals surface area contributed by atoms with Crippen molar-refractivity contribution in [2.45, 2.75) is 26.6 Å². The van der Waals surface area contributed by atoms with Crippen LogP contribution in [-0.4, -0.2) is 24.0 Å². The van der Waals surface area contributed by atoms with E-state index in [9.17, 15) is 18.0 Å². The van der Waals surface area contributed by atoms with Gasteiger partial charge in [-0.1, -0.05) is 44.2 Å². The van der Waals surface area contributed by atoms with Crippen molar-refractivity contribution >= 4 is 5.91 Å². The summed E-state index contributed by atoms with van der Waals surface area (Å²) in [5.41, 5.74) is 0.664. The van der Waals surface area contributed by atoms with E-state index in [1.54, 1.807) is 30.3 Å². The molecule has 96 valence electrons. The lowest BCUT2D eigenvalue weighted by molar-refractivity contribution is -0.184. The zero-order chi connectivity index (χ0) is 13.5. The fourth-order valence-electron chi connectivity index (χ4n) is 1.15. The Morgan fingerprint density at radius 2 is 1.65 bits per heavy atom. The van der Waals surface area contributed by atoms with Crippen molar-refractivity contribution in [3.63, 3.8) is 0 Å². The second kappa shape index (κ2) is 6.93. The van der Waals surface area contributed by atoms with Crippen LogP contribution in [-0.2, 0) is 11.3 Å². The molecule has 1 aromatic carbocycles. The van der Waals surface area contributed by atoms with Crippen LogP contribution in [0.1, 0.15) is 19.4 Å². The Morgan fingerprint density at radius 3 is 2.06 bits per heavy atom. The van der Waals surface area contributed by atoms with E-state index >= 15 is 0 Å². The van der Waals surface area contributed by atoms with Crippen molar-refractivity contribution < 1.29 is 18.0 Å². The minimum atomic E-state index is -4.80. The molecular weight excluding hydrogens is 231 g/mol. The van der Waals surface area contributed by atoms with Crippen LogP contribution in [0, 0.1) is 0 Å². The van der Waals surface area contributed by atoms with Gasteiger partial charge in [-0.05, 0) is 5.56 Å². The Balaban J connectivity index is 0.00000121. The van der Waals surface area contributed by atoms with Gasteiger partial charge >= 0.3 is 12.1 Å². The molecule has 0 atom stereocenters. The second-order valence-corrected chi connectivity index (χ2v) is 3.14. The first-order valence-electron chi connectivity index (χ1n) is 5.27. The van der Waals surface area contributed by atoms with Crippen LogP contribution in [0.15, 0.2) is 30.3 Å². The van der Waals surface area contributed by atoms with Gasteiger partial charge in [0.05, 0.1) is 0 Å². The molecule has 1 amide bonds. The molecule has 0 aliphatic rings. The number of benzene rings is 1.